The summed E-state index contributed by atoms with van der Waals surface area (Å²) in [6, 6.07) is 11.6. The molecule has 3 aromatic rings. The standard InChI is InChI=1S/C21H24N4O4S/c1-5-25(6-2)30(27,28)18-9-7-16(8-10-18)19(26)22-21-24-23-20(29-21)17-12-14(3)11-15(4)13-17/h7-13H,5-6H2,1-4H3,(H,22,24,26). The monoisotopic (exact) mass is 428 g/mol. The summed E-state index contributed by atoms with van der Waals surface area (Å²) in [7, 11) is -3.58. The van der Waals surface area contributed by atoms with Crippen molar-refractivity contribution in [1.29, 1.82) is 0 Å². The van der Waals surface area contributed by atoms with Gasteiger partial charge in [0.05, 0.1) is 4.90 Å². The number of carbonyl (C=O) groups is 1. The van der Waals surface area contributed by atoms with Crippen molar-refractivity contribution in [1.82, 2.24) is 14.5 Å². The van der Waals surface area contributed by atoms with Crippen molar-refractivity contribution < 1.29 is 17.6 Å². The van der Waals surface area contributed by atoms with E-state index in [9.17, 15) is 13.2 Å². The third-order valence-corrected chi connectivity index (χ3v) is 6.64. The Morgan fingerprint density at radius 2 is 1.60 bits per heavy atom. The Kier molecular flexibility index (Phi) is 6.33. The topological polar surface area (TPSA) is 105 Å². The maximum Gasteiger partial charge on any atom is 0.322 e. The Balaban J connectivity index is 1.75. The van der Waals surface area contributed by atoms with E-state index < -0.39 is 15.9 Å². The quantitative estimate of drug-likeness (QED) is 0.616. The van der Waals surface area contributed by atoms with E-state index in [0.717, 1.165) is 16.7 Å². The van der Waals surface area contributed by atoms with Gasteiger partial charge in [-0.25, -0.2) is 8.42 Å². The van der Waals surface area contributed by atoms with Crippen LogP contribution in [0.1, 0.15) is 35.3 Å². The van der Waals surface area contributed by atoms with Crippen molar-refractivity contribution in [2.75, 3.05) is 18.4 Å². The molecule has 1 heterocycles. The third kappa shape index (κ3) is 4.58. The van der Waals surface area contributed by atoms with Crippen molar-refractivity contribution in [2.24, 2.45) is 0 Å². The molecule has 0 saturated carbocycles. The van der Waals surface area contributed by atoms with Crippen LogP contribution in [0.5, 0.6) is 0 Å². The smallest absolute Gasteiger partial charge is 0.322 e. The van der Waals surface area contributed by atoms with Crippen LogP contribution in [0.3, 0.4) is 0 Å². The molecule has 0 saturated heterocycles. The minimum Gasteiger partial charge on any atom is -0.403 e. The molecular weight excluding hydrogens is 404 g/mol. The number of rotatable bonds is 7. The molecule has 1 N–H and O–H groups in total. The fourth-order valence-corrected chi connectivity index (χ4v) is 4.61. The largest absolute Gasteiger partial charge is 0.403 e. The molecule has 30 heavy (non-hydrogen) atoms. The average Bonchev–Trinajstić information content (AvgIpc) is 3.16. The van der Waals surface area contributed by atoms with Gasteiger partial charge in [-0.1, -0.05) is 36.1 Å². The van der Waals surface area contributed by atoms with E-state index >= 15 is 0 Å². The van der Waals surface area contributed by atoms with Crippen molar-refractivity contribution in [3.8, 4) is 11.5 Å². The van der Waals surface area contributed by atoms with Gasteiger partial charge in [-0.05, 0) is 50.2 Å². The highest BCUT2D eigenvalue weighted by Crippen LogP contribution is 2.23. The van der Waals surface area contributed by atoms with Crippen LogP contribution in [0.2, 0.25) is 0 Å². The summed E-state index contributed by atoms with van der Waals surface area (Å²) < 4.78 is 32.0. The van der Waals surface area contributed by atoms with Gasteiger partial charge in [0.2, 0.25) is 15.9 Å². The van der Waals surface area contributed by atoms with Crippen molar-refractivity contribution in [3.05, 3.63) is 59.2 Å². The van der Waals surface area contributed by atoms with E-state index in [1.165, 1.54) is 28.6 Å². The number of anilines is 1. The lowest BCUT2D eigenvalue weighted by molar-refractivity contribution is 0.102. The van der Waals surface area contributed by atoms with Crippen molar-refractivity contribution in [2.45, 2.75) is 32.6 Å². The van der Waals surface area contributed by atoms with Gasteiger partial charge >= 0.3 is 6.01 Å². The van der Waals surface area contributed by atoms with Crippen molar-refractivity contribution >= 4 is 21.9 Å². The van der Waals surface area contributed by atoms with Crippen LogP contribution in [0.4, 0.5) is 6.01 Å². The minimum atomic E-state index is -3.58. The molecule has 1 aromatic heterocycles. The van der Waals surface area contributed by atoms with Gasteiger partial charge in [-0.3, -0.25) is 10.1 Å². The second-order valence-corrected chi connectivity index (χ2v) is 8.79. The van der Waals surface area contributed by atoms with Crippen LogP contribution in [0.15, 0.2) is 51.8 Å². The molecule has 9 heteroatoms. The van der Waals surface area contributed by atoms with E-state index in [-0.39, 0.29) is 16.5 Å². The second-order valence-electron chi connectivity index (χ2n) is 6.86. The maximum atomic E-state index is 12.5. The molecule has 3 rings (SSSR count). The molecule has 1 amide bonds. The van der Waals surface area contributed by atoms with Crippen LogP contribution in [-0.2, 0) is 10.0 Å². The summed E-state index contributed by atoms with van der Waals surface area (Å²) in [5, 5.41) is 10.4. The van der Waals surface area contributed by atoms with Gasteiger partial charge in [-0.15, -0.1) is 5.10 Å². The Hall–Kier alpha value is -3.04. The highest BCUT2D eigenvalue weighted by atomic mass is 32.2. The molecule has 0 bridgehead atoms. The van der Waals surface area contributed by atoms with Crippen LogP contribution in [0, 0.1) is 13.8 Å². The molecule has 0 unspecified atom stereocenters. The van der Waals surface area contributed by atoms with Crippen LogP contribution < -0.4 is 5.32 Å². The third-order valence-electron chi connectivity index (χ3n) is 4.57. The zero-order valence-electron chi connectivity index (χ0n) is 17.3. The zero-order valence-corrected chi connectivity index (χ0v) is 18.2. The van der Waals surface area contributed by atoms with Gasteiger partial charge < -0.3 is 4.42 Å². The predicted octanol–water partition coefficient (Wildman–Crippen LogP) is 3.64. The molecular formula is C21H24N4O4S. The Morgan fingerprint density at radius 1 is 1.00 bits per heavy atom. The van der Waals surface area contributed by atoms with Gasteiger partial charge in [0.25, 0.3) is 5.91 Å². The number of nitrogens with one attached hydrogen (secondary N) is 1. The first-order chi connectivity index (χ1) is 14.2. The summed E-state index contributed by atoms with van der Waals surface area (Å²) in [4.78, 5) is 12.6. The lowest BCUT2D eigenvalue weighted by atomic mass is 10.1. The molecule has 0 aliphatic heterocycles. The Bertz CT molecular complexity index is 1130. The number of aryl methyl sites for hydroxylation is 2. The molecule has 8 nitrogen and oxygen atoms in total. The minimum absolute atomic E-state index is 0.0333. The van der Waals surface area contributed by atoms with Crippen LogP contribution in [-0.4, -0.2) is 41.9 Å². The summed E-state index contributed by atoms with van der Waals surface area (Å²) in [5.74, 6) is -0.171. The summed E-state index contributed by atoms with van der Waals surface area (Å²) in [6.45, 7) is 8.25. The molecule has 2 aromatic carbocycles. The van der Waals surface area contributed by atoms with Crippen LogP contribution in [0.25, 0.3) is 11.5 Å². The first-order valence-corrected chi connectivity index (χ1v) is 11.0. The Morgan fingerprint density at radius 3 is 2.17 bits per heavy atom. The molecule has 158 valence electrons. The maximum absolute atomic E-state index is 12.5. The number of nitrogens with zero attached hydrogens (tertiary/aromatic N) is 3. The zero-order chi connectivity index (χ0) is 21.9. The number of hydrogen-bond donors (Lipinski definition) is 1. The summed E-state index contributed by atoms with van der Waals surface area (Å²) >= 11 is 0. The van der Waals surface area contributed by atoms with E-state index in [1.807, 2.05) is 32.0 Å². The number of benzene rings is 2. The number of amides is 1. The fourth-order valence-electron chi connectivity index (χ4n) is 3.15. The highest BCUT2D eigenvalue weighted by Gasteiger charge is 2.22. The van der Waals surface area contributed by atoms with E-state index in [1.54, 1.807) is 13.8 Å². The Labute approximate surface area is 176 Å². The van der Waals surface area contributed by atoms with Crippen LogP contribution >= 0.6 is 0 Å². The van der Waals surface area contributed by atoms with Crippen molar-refractivity contribution in [3.63, 3.8) is 0 Å². The molecule has 0 aliphatic rings. The molecule has 0 atom stereocenters. The first kappa shape index (κ1) is 21.7. The lowest BCUT2D eigenvalue weighted by Crippen LogP contribution is -2.30. The molecule has 0 fully saturated rings. The SMILES string of the molecule is CCN(CC)S(=O)(=O)c1ccc(C(=O)Nc2nnc(-c3cc(C)cc(C)c3)o2)cc1. The molecule has 0 radical (unpaired) electrons. The summed E-state index contributed by atoms with van der Waals surface area (Å²) in [5.41, 5.74) is 3.17. The normalized spacial score (nSPS) is 11.6. The van der Waals surface area contributed by atoms with Gasteiger partial charge in [0.15, 0.2) is 0 Å². The average molecular weight is 429 g/mol. The van der Waals surface area contributed by atoms with Gasteiger partial charge in [0.1, 0.15) is 0 Å². The van der Waals surface area contributed by atoms with E-state index in [2.05, 4.69) is 15.5 Å². The lowest BCUT2D eigenvalue weighted by Gasteiger charge is -2.18. The second kappa shape index (κ2) is 8.76. The van der Waals surface area contributed by atoms with Gasteiger partial charge in [0, 0.05) is 24.2 Å². The first-order valence-electron chi connectivity index (χ1n) is 9.58. The molecule has 0 spiro atoms. The number of sulfonamides is 1. The number of aromatic nitrogens is 2. The molecule has 0 aliphatic carbocycles. The number of carbonyl (C=O) groups excluding carboxylic acids is 1. The summed E-state index contributed by atoms with van der Waals surface area (Å²) in [6.07, 6.45) is 0. The van der Waals surface area contributed by atoms with E-state index in [0.29, 0.717) is 19.0 Å². The number of hydrogen-bond acceptors (Lipinski definition) is 6. The van der Waals surface area contributed by atoms with Gasteiger partial charge in [-0.2, -0.15) is 4.31 Å². The predicted molar refractivity (Wildman–Crippen MR) is 114 cm³/mol. The van der Waals surface area contributed by atoms with E-state index in [4.69, 9.17) is 4.42 Å². The highest BCUT2D eigenvalue weighted by molar-refractivity contribution is 7.89. The fraction of sp³-hybridized carbons (Fsp3) is 0.286.